The van der Waals surface area contributed by atoms with Crippen molar-refractivity contribution in [1.29, 1.82) is 0 Å². The molecule has 2 aromatic heterocycles. The first-order valence-corrected chi connectivity index (χ1v) is 8.45. The summed E-state index contributed by atoms with van der Waals surface area (Å²) < 4.78 is 0.968. The molecule has 1 saturated carbocycles. The van der Waals surface area contributed by atoms with Gasteiger partial charge in [0.25, 0.3) is 5.91 Å². The topological polar surface area (TPSA) is 68.0 Å². The molecule has 2 unspecified atom stereocenters. The lowest BCUT2D eigenvalue weighted by molar-refractivity contribution is 0.0910. The van der Waals surface area contributed by atoms with E-state index < -0.39 is 0 Å². The van der Waals surface area contributed by atoms with Crippen molar-refractivity contribution in [2.75, 3.05) is 5.73 Å². The standard InChI is InChI=1S/C16H21N3OS/c1-2-10-5-3-4-6-12(10)19-16(20)15-14(17)11-7-8-18-9-13(11)21-15/h7-10,12H,2-6,17H2,1H3,(H,19,20). The van der Waals surface area contributed by atoms with Gasteiger partial charge in [-0.3, -0.25) is 9.78 Å². The van der Waals surface area contributed by atoms with Gasteiger partial charge in [0.15, 0.2) is 0 Å². The molecule has 112 valence electrons. The van der Waals surface area contributed by atoms with Gasteiger partial charge >= 0.3 is 0 Å². The number of nitrogens with two attached hydrogens (primary N) is 1. The third-order valence-corrected chi connectivity index (χ3v) is 5.64. The van der Waals surface area contributed by atoms with Gasteiger partial charge in [-0.25, -0.2) is 0 Å². The van der Waals surface area contributed by atoms with E-state index in [-0.39, 0.29) is 5.91 Å². The van der Waals surface area contributed by atoms with Crippen molar-refractivity contribution in [2.45, 2.75) is 45.1 Å². The number of fused-ring (bicyclic) bond motifs is 1. The van der Waals surface area contributed by atoms with E-state index in [1.165, 1.54) is 30.6 Å². The molecule has 3 rings (SSSR count). The maximum atomic E-state index is 12.6. The van der Waals surface area contributed by atoms with Crippen LogP contribution in [0.1, 0.15) is 48.7 Å². The Hall–Kier alpha value is -1.62. The van der Waals surface area contributed by atoms with Gasteiger partial charge in [0.05, 0.1) is 10.4 Å². The number of anilines is 1. The third-order valence-electron chi connectivity index (χ3n) is 4.49. The molecule has 2 atom stereocenters. The number of carbonyl (C=O) groups excluding carboxylic acids is 1. The molecular weight excluding hydrogens is 282 g/mol. The van der Waals surface area contributed by atoms with Crippen LogP contribution in [0.3, 0.4) is 0 Å². The molecule has 0 aliphatic heterocycles. The van der Waals surface area contributed by atoms with E-state index in [0.717, 1.165) is 22.9 Å². The first kappa shape index (κ1) is 14.3. The zero-order valence-electron chi connectivity index (χ0n) is 12.3. The Morgan fingerprint density at radius 2 is 2.29 bits per heavy atom. The van der Waals surface area contributed by atoms with E-state index in [1.807, 2.05) is 6.07 Å². The zero-order chi connectivity index (χ0) is 14.8. The van der Waals surface area contributed by atoms with Crippen LogP contribution in [0.15, 0.2) is 18.5 Å². The minimum atomic E-state index is -0.0287. The number of nitrogen functional groups attached to an aromatic ring is 1. The summed E-state index contributed by atoms with van der Waals surface area (Å²) in [4.78, 5) is 17.3. The summed E-state index contributed by atoms with van der Waals surface area (Å²) in [5.74, 6) is 0.569. The minimum Gasteiger partial charge on any atom is -0.397 e. The summed E-state index contributed by atoms with van der Waals surface area (Å²) in [6, 6.07) is 2.16. The van der Waals surface area contributed by atoms with E-state index in [9.17, 15) is 4.79 Å². The van der Waals surface area contributed by atoms with Crippen molar-refractivity contribution in [3.63, 3.8) is 0 Å². The summed E-state index contributed by atoms with van der Waals surface area (Å²) >= 11 is 1.43. The highest BCUT2D eigenvalue weighted by Gasteiger charge is 2.26. The molecule has 5 heteroatoms. The molecule has 0 radical (unpaired) electrons. The van der Waals surface area contributed by atoms with Crippen LogP contribution in [-0.2, 0) is 0 Å². The van der Waals surface area contributed by atoms with Crippen LogP contribution in [0, 0.1) is 5.92 Å². The second-order valence-corrected chi connectivity index (χ2v) is 6.80. The van der Waals surface area contributed by atoms with Crippen molar-refractivity contribution in [3.05, 3.63) is 23.3 Å². The molecule has 2 heterocycles. The lowest BCUT2D eigenvalue weighted by Crippen LogP contribution is -2.41. The monoisotopic (exact) mass is 303 g/mol. The van der Waals surface area contributed by atoms with Crippen molar-refractivity contribution < 1.29 is 4.79 Å². The van der Waals surface area contributed by atoms with Crippen molar-refractivity contribution in [3.8, 4) is 0 Å². The predicted molar refractivity (Wildman–Crippen MR) is 87.5 cm³/mol. The average Bonchev–Trinajstić information content (AvgIpc) is 2.85. The fourth-order valence-electron chi connectivity index (χ4n) is 3.26. The van der Waals surface area contributed by atoms with Crippen LogP contribution >= 0.6 is 11.3 Å². The van der Waals surface area contributed by atoms with Crippen LogP contribution in [-0.4, -0.2) is 16.9 Å². The molecule has 0 spiro atoms. The number of hydrogen-bond acceptors (Lipinski definition) is 4. The van der Waals surface area contributed by atoms with Crippen molar-refractivity contribution in [1.82, 2.24) is 10.3 Å². The van der Waals surface area contributed by atoms with Gasteiger partial charge in [-0.1, -0.05) is 26.2 Å². The normalized spacial score (nSPS) is 22.3. The summed E-state index contributed by atoms with van der Waals surface area (Å²) in [6.07, 6.45) is 9.37. The Kier molecular flexibility index (Phi) is 4.10. The number of aromatic nitrogens is 1. The minimum absolute atomic E-state index is 0.0287. The molecule has 1 fully saturated rings. The van der Waals surface area contributed by atoms with E-state index in [4.69, 9.17) is 5.73 Å². The Morgan fingerprint density at radius 1 is 1.48 bits per heavy atom. The first-order valence-electron chi connectivity index (χ1n) is 7.63. The van der Waals surface area contributed by atoms with Crippen LogP contribution in [0.4, 0.5) is 5.69 Å². The maximum absolute atomic E-state index is 12.6. The summed E-state index contributed by atoms with van der Waals surface area (Å²) in [6.45, 7) is 2.20. The summed E-state index contributed by atoms with van der Waals surface area (Å²) in [5, 5.41) is 4.14. The molecule has 2 aromatic rings. The van der Waals surface area contributed by atoms with E-state index >= 15 is 0 Å². The highest BCUT2D eigenvalue weighted by Crippen LogP contribution is 2.33. The lowest BCUT2D eigenvalue weighted by atomic mass is 9.83. The van der Waals surface area contributed by atoms with E-state index in [0.29, 0.717) is 22.5 Å². The smallest absolute Gasteiger partial charge is 0.263 e. The molecule has 0 aromatic carbocycles. The molecule has 4 nitrogen and oxygen atoms in total. The number of nitrogens with one attached hydrogen (secondary N) is 1. The molecule has 21 heavy (non-hydrogen) atoms. The van der Waals surface area contributed by atoms with Gasteiger partial charge in [-0.05, 0) is 24.8 Å². The molecular formula is C16H21N3OS. The van der Waals surface area contributed by atoms with Crippen LogP contribution < -0.4 is 11.1 Å². The number of pyridine rings is 1. The van der Waals surface area contributed by atoms with Gasteiger partial charge < -0.3 is 11.1 Å². The quantitative estimate of drug-likeness (QED) is 0.910. The number of thiophene rings is 1. The predicted octanol–water partition coefficient (Wildman–Crippen LogP) is 3.58. The van der Waals surface area contributed by atoms with Crippen LogP contribution in [0.2, 0.25) is 0 Å². The van der Waals surface area contributed by atoms with E-state index in [2.05, 4.69) is 17.2 Å². The lowest BCUT2D eigenvalue weighted by Gasteiger charge is -2.31. The summed E-state index contributed by atoms with van der Waals surface area (Å²) in [7, 11) is 0. The average molecular weight is 303 g/mol. The van der Waals surface area contributed by atoms with Crippen LogP contribution in [0.5, 0.6) is 0 Å². The highest BCUT2D eigenvalue weighted by molar-refractivity contribution is 7.21. The fraction of sp³-hybridized carbons (Fsp3) is 0.500. The number of rotatable bonds is 3. The zero-order valence-corrected chi connectivity index (χ0v) is 13.1. The van der Waals surface area contributed by atoms with Gasteiger partial charge in [0.2, 0.25) is 0 Å². The number of amides is 1. The first-order chi connectivity index (χ1) is 10.2. The summed E-state index contributed by atoms with van der Waals surface area (Å²) in [5.41, 5.74) is 6.72. The Morgan fingerprint density at radius 3 is 3.05 bits per heavy atom. The number of carbonyl (C=O) groups is 1. The maximum Gasteiger partial charge on any atom is 0.263 e. The van der Waals surface area contributed by atoms with E-state index in [1.54, 1.807) is 12.4 Å². The Labute approximate surface area is 128 Å². The van der Waals surface area contributed by atoms with Gasteiger partial charge in [-0.2, -0.15) is 0 Å². The van der Waals surface area contributed by atoms with Crippen molar-refractivity contribution in [2.24, 2.45) is 5.92 Å². The van der Waals surface area contributed by atoms with Crippen LogP contribution in [0.25, 0.3) is 10.1 Å². The number of hydrogen-bond donors (Lipinski definition) is 2. The molecule has 1 aliphatic rings. The highest BCUT2D eigenvalue weighted by atomic mass is 32.1. The Bertz CT molecular complexity index is 652. The second-order valence-electron chi connectivity index (χ2n) is 5.75. The van der Waals surface area contributed by atoms with Gasteiger partial charge in [0, 0.05) is 23.8 Å². The molecule has 0 saturated heterocycles. The Balaban J connectivity index is 1.82. The number of nitrogens with zero attached hydrogens (tertiary/aromatic N) is 1. The van der Waals surface area contributed by atoms with Crippen molar-refractivity contribution >= 4 is 33.0 Å². The fourth-order valence-corrected chi connectivity index (χ4v) is 4.25. The third kappa shape index (κ3) is 2.75. The molecule has 3 N–H and O–H groups in total. The van der Waals surface area contributed by atoms with Gasteiger partial charge in [0.1, 0.15) is 4.88 Å². The SMILES string of the molecule is CCC1CCCCC1NC(=O)c1sc2cnccc2c1N. The molecule has 1 amide bonds. The second kappa shape index (κ2) is 6.02. The molecule has 1 aliphatic carbocycles. The van der Waals surface area contributed by atoms with Gasteiger partial charge in [-0.15, -0.1) is 11.3 Å². The largest absolute Gasteiger partial charge is 0.397 e. The molecule has 0 bridgehead atoms.